The average Bonchev–Trinajstić information content (AvgIpc) is 3.07. The van der Waals surface area contributed by atoms with E-state index in [2.05, 4.69) is 10.6 Å². The van der Waals surface area contributed by atoms with Crippen LogP contribution in [0.25, 0.3) is 0 Å². The van der Waals surface area contributed by atoms with Gasteiger partial charge in [0.15, 0.2) is 0 Å². The Hall–Kier alpha value is -1.10. The van der Waals surface area contributed by atoms with E-state index in [0.29, 0.717) is 12.6 Å². The third-order valence-corrected chi connectivity index (χ3v) is 2.66. The number of esters is 1. The van der Waals surface area contributed by atoms with Gasteiger partial charge in [0.25, 0.3) is 0 Å². The molecule has 0 aromatic heterocycles. The molecule has 0 radical (unpaired) electrons. The number of rotatable bonds is 8. The molecule has 2 N–H and O–H groups in total. The highest BCUT2D eigenvalue weighted by molar-refractivity contribution is 5.81. The largest absolute Gasteiger partial charge is 0.460 e. The molecule has 0 aliphatic heterocycles. The van der Waals surface area contributed by atoms with E-state index in [0.717, 1.165) is 13.0 Å². The summed E-state index contributed by atoms with van der Waals surface area (Å²) in [5.41, 5.74) is -0.484. The Morgan fingerprint density at radius 2 is 1.84 bits per heavy atom. The van der Waals surface area contributed by atoms with Crippen LogP contribution in [0, 0.1) is 0 Å². The highest BCUT2D eigenvalue weighted by Crippen LogP contribution is 2.18. The van der Waals surface area contributed by atoms with Gasteiger partial charge in [-0.2, -0.15) is 0 Å². The predicted octanol–water partition coefficient (Wildman–Crippen LogP) is 1.37. The van der Waals surface area contributed by atoms with E-state index < -0.39 is 5.60 Å². The zero-order valence-corrected chi connectivity index (χ0v) is 12.3. The van der Waals surface area contributed by atoms with Crippen LogP contribution in [0.2, 0.25) is 0 Å². The lowest BCUT2D eigenvalue weighted by Gasteiger charge is -2.19. The molecule has 1 rings (SSSR count). The van der Waals surface area contributed by atoms with Crippen molar-refractivity contribution in [3.8, 4) is 0 Å². The molecule has 0 aromatic carbocycles. The van der Waals surface area contributed by atoms with E-state index in [1.807, 2.05) is 20.8 Å². The van der Waals surface area contributed by atoms with Crippen LogP contribution in [0.5, 0.6) is 0 Å². The average molecular weight is 270 g/mol. The van der Waals surface area contributed by atoms with E-state index in [9.17, 15) is 9.59 Å². The summed E-state index contributed by atoms with van der Waals surface area (Å²) in [4.78, 5) is 22.9. The molecule has 1 aliphatic rings. The number of hydrogen-bond acceptors (Lipinski definition) is 4. The van der Waals surface area contributed by atoms with Crippen molar-refractivity contribution in [2.75, 3.05) is 13.1 Å². The molecule has 19 heavy (non-hydrogen) atoms. The van der Waals surface area contributed by atoms with Gasteiger partial charge in [-0.15, -0.1) is 0 Å². The second kappa shape index (κ2) is 7.48. The number of carbonyl (C=O) groups is 2. The molecule has 0 saturated heterocycles. The van der Waals surface area contributed by atoms with Crippen molar-refractivity contribution in [3.63, 3.8) is 0 Å². The van der Waals surface area contributed by atoms with E-state index in [-0.39, 0.29) is 24.7 Å². The highest BCUT2D eigenvalue weighted by atomic mass is 16.6. The molecule has 0 spiro atoms. The first-order chi connectivity index (χ1) is 8.87. The van der Waals surface area contributed by atoms with E-state index in [1.54, 1.807) is 0 Å². The molecular formula is C14H26N2O3. The summed E-state index contributed by atoms with van der Waals surface area (Å²) in [7, 11) is 0. The fourth-order valence-corrected chi connectivity index (χ4v) is 1.61. The van der Waals surface area contributed by atoms with Crippen LogP contribution in [-0.2, 0) is 14.3 Å². The summed E-state index contributed by atoms with van der Waals surface area (Å²) in [5, 5.41) is 6.19. The first-order valence-corrected chi connectivity index (χ1v) is 7.09. The normalized spacial score (nSPS) is 15.1. The van der Waals surface area contributed by atoms with Crippen LogP contribution in [0.3, 0.4) is 0 Å². The van der Waals surface area contributed by atoms with Crippen molar-refractivity contribution in [1.82, 2.24) is 10.6 Å². The molecule has 0 heterocycles. The SMILES string of the molecule is CC(C)(C)OC(=O)CCC(=O)NCCCNC1CC1. The van der Waals surface area contributed by atoms with Crippen LogP contribution >= 0.6 is 0 Å². The number of amides is 1. The van der Waals surface area contributed by atoms with Gasteiger partial charge in [-0.1, -0.05) is 0 Å². The maximum atomic E-state index is 11.5. The molecule has 0 atom stereocenters. The van der Waals surface area contributed by atoms with Crippen LogP contribution in [0.4, 0.5) is 0 Å². The fourth-order valence-electron chi connectivity index (χ4n) is 1.61. The minimum Gasteiger partial charge on any atom is -0.460 e. The van der Waals surface area contributed by atoms with Gasteiger partial charge in [0.2, 0.25) is 5.91 Å². The zero-order chi connectivity index (χ0) is 14.3. The first-order valence-electron chi connectivity index (χ1n) is 7.09. The maximum absolute atomic E-state index is 11.5. The minimum absolute atomic E-state index is 0.0859. The molecule has 0 aromatic rings. The predicted molar refractivity (Wildman–Crippen MR) is 73.7 cm³/mol. The lowest BCUT2D eigenvalue weighted by Crippen LogP contribution is -2.29. The number of hydrogen-bond donors (Lipinski definition) is 2. The summed E-state index contributed by atoms with van der Waals surface area (Å²) in [5.74, 6) is -0.407. The highest BCUT2D eigenvalue weighted by Gasteiger charge is 2.19. The zero-order valence-electron chi connectivity index (χ0n) is 12.3. The summed E-state index contributed by atoms with van der Waals surface area (Å²) < 4.78 is 5.14. The van der Waals surface area contributed by atoms with Crippen LogP contribution in [0.15, 0.2) is 0 Å². The van der Waals surface area contributed by atoms with Crippen molar-refractivity contribution in [2.45, 2.75) is 64.5 Å². The van der Waals surface area contributed by atoms with Crippen molar-refractivity contribution in [2.24, 2.45) is 0 Å². The summed E-state index contributed by atoms with van der Waals surface area (Å²) in [6.45, 7) is 7.05. The Morgan fingerprint density at radius 1 is 1.16 bits per heavy atom. The second-order valence-corrected chi connectivity index (χ2v) is 6.02. The molecule has 1 saturated carbocycles. The lowest BCUT2D eigenvalue weighted by atomic mass is 10.2. The van der Waals surface area contributed by atoms with Gasteiger partial charge in [-0.3, -0.25) is 9.59 Å². The molecule has 110 valence electrons. The molecular weight excluding hydrogens is 244 g/mol. The Labute approximate surface area is 115 Å². The van der Waals surface area contributed by atoms with Crippen LogP contribution in [0.1, 0.15) is 52.9 Å². The van der Waals surface area contributed by atoms with Crippen molar-refractivity contribution in [1.29, 1.82) is 0 Å². The molecule has 5 heteroatoms. The Balaban J connectivity index is 1.95. The van der Waals surface area contributed by atoms with Gasteiger partial charge in [-0.25, -0.2) is 0 Å². The van der Waals surface area contributed by atoms with Gasteiger partial charge < -0.3 is 15.4 Å². The first kappa shape index (κ1) is 16.0. The fraction of sp³-hybridized carbons (Fsp3) is 0.857. The Kier molecular flexibility index (Phi) is 6.28. The standard InChI is InChI=1S/C14H26N2O3/c1-14(2,3)19-13(18)8-7-12(17)16-10-4-9-15-11-5-6-11/h11,15H,4-10H2,1-3H3,(H,16,17). The topological polar surface area (TPSA) is 67.4 Å². The molecule has 1 fully saturated rings. The number of ether oxygens (including phenoxy) is 1. The van der Waals surface area contributed by atoms with Gasteiger partial charge in [0.05, 0.1) is 6.42 Å². The van der Waals surface area contributed by atoms with Crippen molar-refractivity contribution >= 4 is 11.9 Å². The molecule has 1 aliphatic carbocycles. The third kappa shape index (κ3) is 9.47. The number of carbonyl (C=O) groups excluding carboxylic acids is 2. The third-order valence-electron chi connectivity index (χ3n) is 2.66. The second-order valence-electron chi connectivity index (χ2n) is 6.02. The van der Waals surface area contributed by atoms with Crippen LogP contribution < -0.4 is 10.6 Å². The van der Waals surface area contributed by atoms with Crippen LogP contribution in [-0.4, -0.2) is 36.6 Å². The molecule has 5 nitrogen and oxygen atoms in total. The molecule has 0 unspecified atom stereocenters. The summed E-state index contributed by atoms with van der Waals surface area (Å²) in [6.07, 6.45) is 3.83. The van der Waals surface area contributed by atoms with Gasteiger partial charge in [0, 0.05) is 19.0 Å². The smallest absolute Gasteiger partial charge is 0.306 e. The summed E-state index contributed by atoms with van der Waals surface area (Å²) in [6, 6.07) is 0.711. The quantitative estimate of drug-likeness (QED) is 0.516. The Bertz CT molecular complexity index is 306. The van der Waals surface area contributed by atoms with E-state index in [1.165, 1.54) is 12.8 Å². The number of nitrogens with one attached hydrogen (secondary N) is 2. The van der Waals surface area contributed by atoms with E-state index in [4.69, 9.17) is 4.74 Å². The monoisotopic (exact) mass is 270 g/mol. The Morgan fingerprint density at radius 3 is 2.42 bits per heavy atom. The minimum atomic E-state index is -0.484. The molecule has 0 bridgehead atoms. The summed E-state index contributed by atoms with van der Waals surface area (Å²) >= 11 is 0. The van der Waals surface area contributed by atoms with E-state index >= 15 is 0 Å². The van der Waals surface area contributed by atoms with Gasteiger partial charge in [0.1, 0.15) is 5.60 Å². The lowest BCUT2D eigenvalue weighted by molar-refractivity contribution is -0.155. The van der Waals surface area contributed by atoms with Crippen molar-refractivity contribution < 1.29 is 14.3 Å². The maximum Gasteiger partial charge on any atom is 0.306 e. The van der Waals surface area contributed by atoms with Crippen molar-refractivity contribution in [3.05, 3.63) is 0 Å². The molecule has 1 amide bonds. The van der Waals surface area contributed by atoms with Gasteiger partial charge in [-0.05, 0) is 46.6 Å². The van der Waals surface area contributed by atoms with Gasteiger partial charge >= 0.3 is 5.97 Å².